The van der Waals surface area contributed by atoms with Crippen molar-refractivity contribution in [2.24, 2.45) is 0 Å². The Morgan fingerprint density at radius 3 is 2.61 bits per heavy atom. The van der Waals surface area contributed by atoms with Crippen LogP contribution in [0.5, 0.6) is 0 Å². The molecule has 3 aliphatic rings. The van der Waals surface area contributed by atoms with Crippen LogP contribution in [-0.2, 0) is 27.4 Å². The van der Waals surface area contributed by atoms with Gasteiger partial charge in [0.05, 0.1) is 25.3 Å². The number of benzene rings is 1. The normalized spacial score (nSPS) is 19.9. The quantitative estimate of drug-likeness (QED) is 0.692. The average Bonchev–Trinajstić information content (AvgIpc) is 3.44. The molecule has 0 spiro atoms. The Labute approximate surface area is 186 Å². The largest absolute Gasteiger partial charge is 0.448 e. The molecule has 0 unspecified atom stereocenters. The van der Waals surface area contributed by atoms with Crippen LogP contribution in [0.25, 0.3) is 11.6 Å². The smallest absolute Gasteiger partial charge is 0.410 e. The zero-order valence-corrected chi connectivity index (χ0v) is 17.9. The molecule has 0 atom stereocenters. The van der Waals surface area contributed by atoms with Crippen molar-refractivity contribution >= 4 is 41.7 Å². The van der Waals surface area contributed by atoms with Gasteiger partial charge >= 0.3 is 6.09 Å². The molecule has 0 bridgehead atoms. The van der Waals surface area contributed by atoms with Gasteiger partial charge in [-0.2, -0.15) is 0 Å². The van der Waals surface area contributed by atoms with Gasteiger partial charge in [-0.3, -0.25) is 9.69 Å². The molecule has 2 saturated heterocycles. The maximum absolute atomic E-state index is 12.6. The van der Waals surface area contributed by atoms with Crippen LogP contribution in [0.3, 0.4) is 0 Å². The molecule has 5 rings (SSSR count). The van der Waals surface area contributed by atoms with Crippen LogP contribution in [0, 0.1) is 0 Å². The lowest BCUT2D eigenvalue weighted by atomic mass is 10.0. The number of cyclic esters (lactones) is 1. The van der Waals surface area contributed by atoms with Crippen LogP contribution in [0.2, 0.25) is 0 Å². The number of hydrogen-bond donors (Lipinski definition) is 2. The lowest BCUT2D eigenvalue weighted by Gasteiger charge is -2.25. The summed E-state index contributed by atoms with van der Waals surface area (Å²) in [7, 11) is 0. The number of amides is 2. The standard InChI is InChI=1S/C22H24N4O4.ClH/c27-21-19(12-16-2-3-17(23-16)14-25-5-8-29-9-6-25)18-11-15(1-4-20(18)24-21)13-26-7-10-30-22(26)28;/h1-4,11-12,23H,5-10,13-14H2,(H,24,27);1H. The molecule has 164 valence electrons. The zero-order valence-electron chi connectivity index (χ0n) is 17.1. The van der Waals surface area contributed by atoms with Gasteiger partial charge in [0.15, 0.2) is 0 Å². The SMILES string of the molecule is Cl.O=C1Nc2ccc(CN3CCOC3=O)cc2C1=Cc1ccc(CN2CCOCC2)[nH]1. The summed E-state index contributed by atoms with van der Waals surface area (Å²) in [5.41, 5.74) is 5.24. The fraction of sp³-hybridized carbons (Fsp3) is 0.364. The Bertz CT molecular complexity index is 1010. The first-order valence-electron chi connectivity index (χ1n) is 10.2. The summed E-state index contributed by atoms with van der Waals surface area (Å²) in [6, 6.07) is 9.86. The van der Waals surface area contributed by atoms with Crippen molar-refractivity contribution in [2.75, 3.05) is 44.8 Å². The Balaban J connectivity index is 0.00000231. The van der Waals surface area contributed by atoms with Gasteiger partial charge in [-0.25, -0.2) is 4.79 Å². The number of carbonyl (C=O) groups excluding carboxylic acids is 2. The molecule has 2 fully saturated rings. The second kappa shape index (κ2) is 9.13. The van der Waals surface area contributed by atoms with E-state index in [1.165, 1.54) is 0 Å². The predicted molar refractivity (Wildman–Crippen MR) is 119 cm³/mol. The van der Waals surface area contributed by atoms with E-state index in [1.807, 2.05) is 30.3 Å². The molecule has 9 heteroatoms. The van der Waals surface area contributed by atoms with Crippen LogP contribution < -0.4 is 5.32 Å². The van der Waals surface area contributed by atoms with Crippen molar-refractivity contribution in [1.82, 2.24) is 14.8 Å². The number of H-pyrrole nitrogens is 1. The zero-order chi connectivity index (χ0) is 20.5. The van der Waals surface area contributed by atoms with E-state index in [9.17, 15) is 9.59 Å². The molecular formula is C22H25ClN4O4. The van der Waals surface area contributed by atoms with E-state index in [0.29, 0.717) is 25.3 Å². The number of carbonyl (C=O) groups is 2. The summed E-state index contributed by atoms with van der Waals surface area (Å²) in [4.78, 5) is 31.7. The molecule has 2 aromatic rings. The van der Waals surface area contributed by atoms with E-state index < -0.39 is 0 Å². The number of nitrogens with zero attached hydrogens (tertiary/aromatic N) is 2. The molecule has 1 aromatic carbocycles. The van der Waals surface area contributed by atoms with Gasteiger partial charge in [-0.05, 0) is 35.9 Å². The molecule has 0 saturated carbocycles. The number of rotatable bonds is 5. The fourth-order valence-electron chi connectivity index (χ4n) is 4.06. The van der Waals surface area contributed by atoms with E-state index in [-0.39, 0.29) is 24.4 Å². The molecule has 0 aliphatic carbocycles. The predicted octanol–water partition coefficient (Wildman–Crippen LogP) is 2.71. The number of anilines is 1. The van der Waals surface area contributed by atoms with Crippen LogP contribution in [0.1, 0.15) is 22.5 Å². The first kappa shape index (κ1) is 21.4. The second-order valence-corrected chi connectivity index (χ2v) is 7.76. The van der Waals surface area contributed by atoms with Gasteiger partial charge < -0.3 is 24.7 Å². The lowest BCUT2D eigenvalue weighted by molar-refractivity contribution is -0.110. The van der Waals surface area contributed by atoms with Crippen molar-refractivity contribution in [3.63, 3.8) is 0 Å². The number of aromatic amines is 1. The molecule has 4 heterocycles. The van der Waals surface area contributed by atoms with Gasteiger partial charge in [0.1, 0.15) is 6.61 Å². The Kier molecular flexibility index (Phi) is 6.31. The van der Waals surface area contributed by atoms with Crippen molar-refractivity contribution < 1.29 is 19.1 Å². The summed E-state index contributed by atoms with van der Waals surface area (Å²) in [6.07, 6.45) is 1.59. The first-order valence-corrected chi connectivity index (χ1v) is 10.2. The van der Waals surface area contributed by atoms with Gasteiger partial charge in [0.2, 0.25) is 0 Å². The lowest BCUT2D eigenvalue weighted by Crippen LogP contribution is -2.35. The van der Waals surface area contributed by atoms with E-state index in [0.717, 1.165) is 61.1 Å². The molecule has 0 radical (unpaired) electrons. The Morgan fingerprint density at radius 2 is 1.84 bits per heavy atom. The second-order valence-electron chi connectivity index (χ2n) is 7.76. The fourth-order valence-corrected chi connectivity index (χ4v) is 4.06. The van der Waals surface area contributed by atoms with Crippen molar-refractivity contribution in [2.45, 2.75) is 13.1 Å². The van der Waals surface area contributed by atoms with E-state index in [2.05, 4.69) is 21.3 Å². The van der Waals surface area contributed by atoms with E-state index in [4.69, 9.17) is 9.47 Å². The molecule has 2 N–H and O–H groups in total. The minimum Gasteiger partial charge on any atom is -0.448 e. The van der Waals surface area contributed by atoms with Crippen LogP contribution >= 0.6 is 12.4 Å². The highest BCUT2D eigenvalue weighted by atomic mass is 35.5. The monoisotopic (exact) mass is 444 g/mol. The Morgan fingerprint density at radius 1 is 1.00 bits per heavy atom. The summed E-state index contributed by atoms with van der Waals surface area (Å²) >= 11 is 0. The summed E-state index contributed by atoms with van der Waals surface area (Å²) in [5, 5.41) is 2.92. The van der Waals surface area contributed by atoms with E-state index >= 15 is 0 Å². The van der Waals surface area contributed by atoms with E-state index in [1.54, 1.807) is 4.90 Å². The molecule has 3 aliphatic heterocycles. The van der Waals surface area contributed by atoms with Gasteiger partial charge in [0.25, 0.3) is 5.91 Å². The topological polar surface area (TPSA) is 86.9 Å². The van der Waals surface area contributed by atoms with Gasteiger partial charge in [0, 0.05) is 48.8 Å². The number of nitrogens with one attached hydrogen (secondary N) is 2. The molecule has 8 nitrogen and oxygen atoms in total. The molecule has 31 heavy (non-hydrogen) atoms. The average molecular weight is 445 g/mol. The number of fused-ring (bicyclic) bond motifs is 1. The summed E-state index contributed by atoms with van der Waals surface area (Å²) < 4.78 is 10.4. The highest BCUT2D eigenvalue weighted by Crippen LogP contribution is 2.34. The Hall–Kier alpha value is -2.81. The maximum Gasteiger partial charge on any atom is 0.410 e. The minimum atomic E-state index is -0.292. The van der Waals surface area contributed by atoms with Crippen LogP contribution in [0.15, 0.2) is 30.3 Å². The number of morpholine rings is 1. The molecule has 2 amide bonds. The van der Waals surface area contributed by atoms with Gasteiger partial charge in [-0.15, -0.1) is 12.4 Å². The molecule has 1 aromatic heterocycles. The highest BCUT2D eigenvalue weighted by molar-refractivity contribution is 6.34. The maximum atomic E-state index is 12.6. The van der Waals surface area contributed by atoms with Crippen molar-refractivity contribution in [3.8, 4) is 0 Å². The van der Waals surface area contributed by atoms with Crippen molar-refractivity contribution in [3.05, 3.63) is 52.8 Å². The van der Waals surface area contributed by atoms with Gasteiger partial charge in [-0.1, -0.05) is 6.07 Å². The first-order chi connectivity index (χ1) is 14.7. The number of aromatic nitrogens is 1. The minimum absolute atomic E-state index is 0. The third-order valence-electron chi connectivity index (χ3n) is 5.65. The van der Waals surface area contributed by atoms with Crippen LogP contribution in [-0.4, -0.2) is 66.2 Å². The van der Waals surface area contributed by atoms with Crippen molar-refractivity contribution in [1.29, 1.82) is 0 Å². The number of halogens is 1. The third kappa shape index (κ3) is 4.61. The number of hydrogen-bond acceptors (Lipinski definition) is 5. The summed E-state index contributed by atoms with van der Waals surface area (Å²) in [5.74, 6) is -0.118. The third-order valence-corrected chi connectivity index (χ3v) is 5.65. The molecular weight excluding hydrogens is 420 g/mol. The van der Waals surface area contributed by atoms with Crippen LogP contribution in [0.4, 0.5) is 10.5 Å². The number of ether oxygens (including phenoxy) is 2. The summed E-state index contributed by atoms with van der Waals surface area (Å²) in [6.45, 7) is 5.72. The highest BCUT2D eigenvalue weighted by Gasteiger charge is 2.26.